The Morgan fingerprint density at radius 1 is 1.37 bits per heavy atom. The molecule has 4 nitrogen and oxygen atoms in total. The Morgan fingerprint density at radius 2 is 1.89 bits per heavy atom. The lowest BCUT2D eigenvalue weighted by molar-refractivity contribution is -0.122. The number of carbonyl (C=O) groups excluding carboxylic acids is 1. The molecule has 0 spiro atoms. The molecule has 1 aliphatic rings. The summed E-state index contributed by atoms with van der Waals surface area (Å²) in [6, 6.07) is 7.64. The van der Waals surface area contributed by atoms with Crippen molar-refractivity contribution in [3.63, 3.8) is 0 Å². The minimum absolute atomic E-state index is 0.533. The number of halogens is 2. The third kappa shape index (κ3) is 3.28. The van der Waals surface area contributed by atoms with E-state index in [1.165, 1.54) is 0 Å². The second-order valence-electron chi connectivity index (χ2n) is 4.81. The lowest BCUT2D eigenvalue weighted by Crippen LogP contribution is -2.49. The normalized spacial score (nSPS) is 21.0. The molecule has 1 atom stereocenters. The van der Waals surface area contributed by atoms with Gasteiger partial charge in [0.1, 0.15) is 0 Å². The van der Waals surface area contributed by atoms with Gasteiger partial charge in [-0.25, -0.2) is 0 Å². The molecule has 3 N–H and O–H groups in total. The third-order valence-corrected chi connectivity index (χ3v) is 4.58. The van der Waals surface area contributed by atoms with Crippen molar-refractivity contribution in [1.82, 2.24) is 4.90 Å². The zero-order valence-electron chi connectivity index (χ0n) is 10.4. The maximum atomic E-state index is 11.0. The van der Waals surface area contributed by atoms with Gasteiger partial charge < -0.3 is 10.8 Å². The second kappa shape index (κ2) is 5.79. The molecule has 0 radical (unpaired) electrons. The highest BCUT2D eigenvalue weighted by atomic mass is 79.9. The van der Waals surface area contributed by atoms with Crippen molar-refractivity contribution in [3.8, 4) is 0 Å². The summed E-state index contributed by atoms with van der Waals surface area (Å²) in [7, 11) is 0. The molecule has 1 saturated heterocycles. The Morgan fingerprint density at radius 3 is 2.37 bits per heavy atom. The number of benzene rings is 1. The molecule has 2 rings (SSSR count). The van der Waals surface area contributed by atoms with E-state index in [1.807, 2.05) is 24.3 Å². The molecule has 1 aromatic carbocycles. The van der Waals surface area contributed by atoms with Crippen molar-refractivity contribution in [2.75, 3.05) is 13.1 Å². The van der Waals surface area contributed by atoms with Gasteiger partial charge in [0.25, 0.3) is 0 Å². The largest absolute Gasteiger partial charge is 0.385 e. The monoisotopic (exact) mass is 346 g/mol. The SMILES string of the molecule is NC(=O)C(Cl)N1CCC(O)(c2ccc(Br)cc2)CC1. The fraction of sp³-hybridized carbons (Fsp3) is 0.462. The van der Waals surface area contributed by atoms with E-state index in [4.69, 9.17) is 17.3 Å². The van der Waals surface area contributed by atoms with Crippen LogP contribution >= 0.6 is 27.5 Å². The maximum absolute atomic E-state index is 11.0. The summed E-state index contributed by atoms with van der Waals surface area (Å²) < 4.78 is 0.979. The lowest BCUT2D eigenvalue weighted by Gasteiger charge is -2.39. The predicted molar refractivity (Wildman–Crippen MR) is 77.7 cm³/mol. The van der Waals surface area contributed by atoms with Crippen LogP contribution in [0.1, 0.15) is 18.4 Å². The molecule has 1 heterocycles. The molecule has 1 unspecified atom stereocenters. The van der Waals surface area contributed by atoms with E-state index < -0.39 is 17.0 Å². The summed E-state index contributed by atoms with van der Waals surface area (Å²) in [5.41, 5.74) is 4.42. The summed E-state index contributed by atoms with van der Waals surface area (Å²) in [5, 5.41) is 10.7. The Balaban J connectivity index is 2.05. The van der Waals surface area contributed by atoms with E-state index in [0.29, 0.717) is 25.9 Å². The molecular formula is C13H16BrClN2O2. The number of carbonyl (C=O) groups is 1. The average molecular weight is 348 g/mol. The first-order valence-electron chi connectivity index (χ1n) is 6.08. The minimum Gasteiger partial charge on any atom is -0.385 e. The number of aliphatic hydroxyl groups is 1. The van der Waals surface area contributed by atoms with Crippen molar-refractivity contribution < 1.29 is 9.90 Å². The molecule has 104 valence electrons. The van der Waals surface area contributed by atoms with Crippen LogP contribution in [0.3, 0.4) is 0 Å². The number of hydrogen-bond donors (Lipinski definition) is 2. The highest BCUT2D eigenvalue weighted by Gasteiger charge is 2.36. The van der Waals surface area contributed by atoms with Gasteiger partial charge in [-0.15, -0.1) is 0 Å². The van der Waals surface area contributed by atoms with Crippen LogP contribution in [0.5, 0.6) is 0 Å². The van der Waals surface area contributed by atoms with Gasteiger partial charge in [-0.3, -0.25) is 9.69 Å². The third-order valence-electron chi connectivity index (χ3n) is 3.56. The first-order valence-corrected chi connectivity index (χ1v) is 7.31. The van der Waals surface area contributed by atoms with Crippen molar-refractivity contribution in [1.29, 1.82) is 0 Å². The Labute approximate surface area is 125 Å². The second-order valence-corrected chi connectivity index (χ2v) is 6.14. The molecule has 0 aromatic heterocycles. The lowest BCUT2D eigenvalue weighted by atomic mass is 9.84. The average Bonchev–Trinajstić information content (AvgIpc) is 2.39. The highest BCUT2D eigenvalue weighted by molar-refractivity contribution is 9.10. The van der Waals surface area contributed by atoms with Gasteiger partial charge in [0.15, 0.2) is 5.50 Å². The van der Waals surface area contributed by atoms with E-state index in [9.17, 15) is 9.90 Å². The zero-order chi connectivity index (χ0) is 14.0. The van der Waals surface area contributed by atoms with Crippen molar-refractivity contribution in [2.24, 2.45) is 5.73 Å². The van der Waals surface area contributed by atoms with Crippen LogP contribution in [0.15, 0.2) is 28.7 Å². The van der Waals surface area contributed by atoms with E-state index in [-0.39, 0.29) is 0 Å². The smallest absolute Gasteiger partial charge is 0.250 e. The highest BCUT2D eigenvalue weighted by Crippen LogP contribution is 2.34. The van der Waals surface area contributed by atoms with Gasteiger partial charge in [-0.1, -0.05) is 39.7 Å². The molecule has 0 saturated carbocycles. The van der Waals surface area contributed by atoms with E-state index >= 15 is 0 Å². The Kier molecular flexibility index (Phi) is 4.50. The standard InChI is InChI=1S/C13H16BrClN2O2/c14-10-3-1-9(2-4-10)13(19)5-7-17(8-6-13)11(15)12(16)18/h1-4,11,19H,5-8H2,(H2,16,18). The molecule has 1 aliphatic heterocycles. The molecule has 19 heavy (non-hydrogen) atoms. The summed E-state index contributed by atoms with van der Waals surface area (Å²) >= 11 is 9.29. The number of nitrogens with zero attached hydrogens (tertiary/aromatic N) is 1. The number of piperidine rings is 1. The Hall–Kier alpha value is -0.620. The van der Waals surface area contributed by atoms with Gasteiger partial charge in [-0.05, 0) is 30.5 Å². The first kappa shape index (κ1) is 14.8. The van der Waals surface area contributed by atoms with Crippen molar-refractivity contribution in [2.45, 2.75) is 23.9 Å². The summed E-state index contributed by atoms with van der Waals surface area (Å²) in [4.78, 5) is 12.8. The number of primary amides is 1. The molecule has 6 heteroatoms. The molecule has 1 aromatic rings. The molecule has 0 bridgehead atoms. The summed E-state index contributed by atoms with van der Waals surface area (Å²) in [5.74, 6) is -0.546. The van der Waals surface area contributed by atoms with Crippen LogP contribution < -0.4 is 5.73 Å². The van der Waals surface area contributed by atoms with Gasteiger partial charge in [0, 0.05) is 17.6 Å². The van der Waals surface area contributed by atoms with Gasteiger partial charge in [-0.2, -0.15) is 0 Å². The molecule has 1 fully saturated rings. The van der Waals surface area contributed by atoms with Crippen molar-refractivity contribution >= 4 is 33.4 Å². The van der Waals surface area contributed by atoms with Gasteiger partial charge >= 0.3 is 0 Å². The molecule has 1 amide bonds. The molecular weight excluding hydrogens is 332 g/mol. The van der Waals surface area contributed by atoms with Crippen LogP contribution in [0.25, 0.3) is 0 Å². The minimum atomic E-state index is -0.856. The molecule has 0 aliphatic carbocycles. The van der Waals surface area contributed by atoms with Crippen LogP contribution in [0.4, 0.5) is 0 Å². The number of nitrogens with two attached hydrogens (primary N) is 1. The van der Waals surface area contributed by atoms with Crippen LogP contribution in [0.2, 0.25) is 0 Å². The van der Waals surface area contributed by atoms with Crippen LogP contribution in [0, 0.1) is 0 Å². The number of amides is 1. The van der Waals surface area contributed by atoms with E-state index in [1.54, 1.807) is 4.90 Å². The fourth-order valence-corrected chi connectivity index (χ4v) is 2.81. The van der Waals surface area contributed by atoms with Crippen LogP contribution in [-0.4, -0.2) is 34.5 Å². The van der Waals surface area contributed by atoms with Crippen molar-refractivity contribution in [3.05, 3.63) is 34.3 Å². The predicted octanol–water partition coefficient (Wildman–Crippen LogP) is 1.78. The number of rotatable bonds is 3. The number of likely N-dealkylation sites (tertiary alicyclic amines) is 1. The van der Waals surface area contributed by atoms with E-state index in [0.717, 1.165) is 10.0 Å². The topological polar surface area (TPSA) is 66.6 Å². The quantitative estimate of drug-likeness (QED) is 0.647. The van der Waals surface area contributed by atoms with E-state index in [2.05, 4.69) is 15.9 Å². The maximum Gasteiger partial charge on any atom is 0.250 e. The van der Waals surface area contributed by atoms with Gasteiger partial charge in [0.2, 0.25) is 5.91 Å². The Bertz CT molecular complexity index is 458. The van der Waals surface area contributed by atoms with Gasteiger partial charge in [0.05, 0.1) is 5.60 Å². The zero-order valence-corrected chi connectivity index (χ0v) is 12.7. The summed E-state index contributed by atoms with van der Waals surface area (Å²) in [6.45, 7) is 1.09. The first-order chi connectivity index (χ1) is 8.92. The fourth-order valence-electron chi connectivity index (χ4n) is 2.35. The van der Waals surface area contributed by atoms with Crippen LogP contribution in [-0.2, 0) is 10.4 Å². The number of hydrogen-bond acceptors (Lipinski definition) is 3. The number of alkyl halides is 1. The summed E-state index contributed by atoms with van der Waals surface area (Å²) in [6.07, 6.45) is 1.07.